The van der Waals surface area contributed by atoms with Crippen LogP contribution in [-0.2, 0) is 23.1 Å². The number of hydrogen-bond acceptors (Lipinski definition) is 3. The van der Waals surface area contributed by atoms with Crippen LogP contribution in [0.2, 0.25) is 0 Å². The van der Waals surface area contributed by atoms with Gasteiger partial charge in [-0.15, -0.1) is 0 Å². The first-order valence-corrected chi connectivity index (χ1v) is 9.52. The van der Waals surface area contributed by atoms with E-state index < -0.39 is 10.0 Å². The molecule has 0 unspecified atom stereocenters. The molecule has 0 aliphatic carbocycles. The molecule has 0 amide bonds. The standard InChI is InChI=1S/C16H26N2O2S/c1-2-12-21(19,20)17-13-15-6-8-16(9-7-15)14-18-10-4-3-5-11-18/h6-9,17H,2-5,10-14H2,1H3. The summed E-state index contributed by atoms with van der Waals surface area (Å²) in [5.74, 6) is 0.194. The van der Waals surface area contributed by atoms with Gasteiger partial charge in [0.1, 0.15) is 0 Å². The molecule has 1 aliphatic heterocycles. The van der Waals surface area contributed by atoms with E-state index in [0.717, 1.165) is 12.1 Å². The molecule has 0 spiro atoms. The van der Waals surface area contributed by atoms with Crippen LogP contribution < -0.4 is 4.72 Å². The van der Waals surface area contributed by atoms with E-state index in [-0.39, 0.29) is 5.75 Å². The van der Waals surface area contributed by atoms with Crippen molar-refractivity contribution < 1.29 is 8.42 Å². The van der Waals surface area contributed by atoms with E-state index in [4.69, 9.17) is 0 Å². The molecule has 1 saturated heterocycles. The number of nitrogens with one attached hydrogen (secondary N) is 1. The van der Waals surface area contributed by atoms with Gasteiger partial charge in [-0.2, -0.15) is 0 Å². The summed E-state index contributed by atoms with van der Waals surface area (Å²) in [5.41, 5.74) is 2.31. The Balaban J connectivity index is 1.84. The summed E-state index contributed by atoms with van der Waals surface area (Å²) in [6, 6.07) is 8.26. The highest BCUT2D eigenvalue weighted by Crippen LogP contribution is 2.13. The van der Waals surface area contributed by atoms with E-state index in [1.165, 1.54) is 37.9 Å². The van der Waals surface area contributed by atoms with Crippen LogP contribution in [0.3, 0.4) is 0 Å². The first-order chi connectivity index (χ1) is 10.1. The van der Waals surface area contributed by atoms with Crippen LogP contribution in [0.1, 0.15) is 43.7 Å². The van der Waals surface area contributed by atoms with E-state index in [0.29, 0.717) is 13.0 Å². The number of hydrogen-bond donors (Lipinski definition) is 1. The lowest BCUT2D eigenvalue weighted by Crippen LogP contribution is -2.29. The molecule has 0 atom stereocenters. The quantitative estimate of drug-likeness (QED) is 0.842. The fourth-order valence-corrected chi connectivity index (χ4v) is 3.74. The molecule has 118 valence electrons. The molecule has 5 heteroatoms. The molecule has 21 heavy (non-hydrogen) atoms. The minimum atomic E-state index is -3.12. The Morgan fingerprint density at radius 2 is 1.67 bits per heavy atom. The van der Waals surface area contributed by atoms with E-state index in [9.17, 15) is 8.42 Å². The Morgan fingerprint density at radius 1 is 1.05 bits per heavy atom. The van der Waals surface area contributed by atoms with Crippen molar-refractivity contribution in [1.82, 2.24) is 9.62 Å². The van der Waals surface area contributed by atoms with Crippen molar-refractivity contribution in [1.29, 1.82) is 0 Å². The van der Waals surface area contributed by atoms with Gasteiger partial charge in [-0.3, -0.25) is 4.90 Å². The Hall–Kier alpha value is -0.910. The zero-order valence-electron chi connectivity index (χ0n) is 12.8. The summed E-state index contributed by atoms with van der Waals surface area (Å²) >= 11 is 0. The molecule has 1 heterocycles. The predicted molar refractivity (Wildman–Crippen MR) is 86.5 cm³/mol. The lowest BCUT2D eigenvalue weighted by atomic mass is 10.1. The Labute approximate surface area is 128 Å². The van der Waals surface area contributed by atoms with E-state index >= 15 is 0 Å². The molecule has 1 fully saturated rings. The largest absolute Gasteiger partial charge is 0.299 e. The molecule has 1 aromatic carbocycles. The molecule has 1 aromatic rings. The van der Waals surface area contributed by atoms with E-state index in [2.05, 4.69) is 21.8 Å². The maximum absolute atomic E-state index is 11.6. The molecule has 2 rings (SSSR count). The van der Waals surface area contributed by atoms with Crippen molar-refractivity contribution in [2.24, 2.45) is 0 Å². The van der Waals surface area contributed by atoms with Gasteiger partial charge in [-0.1, -0.05) is 37.6 Å². The van der Waals surface area contributed by atoms with Gasteiger partial charge < -0.3 is 0 Å². The van der Waals surface area contributed by atoms with Crippen LogP contribution >= 0.6 is 0 Å². The summed E-state index contributed by atoms with van der Waals surface area (Å²) in [7, 11) is -3.12. The Kier molecular flexibility index (Phi) is 6.21. The SMILES string of the molecule is CCCS(=O)(=O)NCc1ccc(CN2CCCCC2)cc1. The zero-order valence-corrected chi connectivity index (χ0v) is 13.7. The second-order valence-corrected chi connectivity index (χ2v) is 7.72. The third-order valence-corrected chi connectivity index (χ3v) is 5.38. The van der Waals surface area contributed by atoms with Crippen molar-refractivity contribution in [3.05, 3.63) is 35.4 Å². The van der Waals surface area contributed by atoms with E-state index in [1.807, 2.05) is 19.1 Å². The number of sulfonamides is 1. The van der Waals surface area contributed by atoms with Crippen LogP contribution in [0.4, 0.5) is 0 Å². The van der Waals surface area contributed by atoms with Crippen molar-refractivity contribution >= 4 is 10.0 Å². The lowest BCUT2D eigenvalue weighted by Gasteiger charge is -2.26. The maximum atomic E-state index is 11.6. The molecule has 0 saturated carbocycles. The van der Waals surface area contributed by atoms with E-state index in [1.54, 1.807) is 0 Å². The number of likely N-dealkylation sites (tertiary alicyclic amines) is 1. The van der Waals surface area contributed by atoms with Gasteiger partial charge in [0, 0.05) is 13.1 Å². The highest BCUT2D eigenvalue weighted by molar-refractivity contribution is 7.89. The number of piperidine rings is 1. The highest BCUT2D eigenvalue weighted by Gasteiger charge is 2.11. The van der Waals surface area contributed by atoms with Crippen molar-refractivity contribution in [3.63, 3.8) is 0 Å². The monoisotopic (exact) mass is 310 g/mol. The zero-order chi connectivity index (χ0) is 15.1. The average Bonchev–Trinajstić information content (AvgIpc) is 2.48. The summed E-state index contributed by atoms with van der Waals surface area (Å²) < 4.78 is 25.9. The first-order valence-electron chi connectivity index (χ1n) is 7.86. The molecular formula is C16H26N2O2S. The molecule has 0 radical (unpaired) electrons. The first kappa shape index (κ1) is 16.5. The lowest BCUT2D eigenvalue weighted by molar-refractivity contribution is 0.221. The molecule has 0 aromatic heterocycles. The summed E-state index contributed by atoms with van der Waals surface area (Å²) in [4.78, 5) is 2.49. The normalized spacial score (nSPS) is 17.0. The van der Waals surface area contributed by atoms with Crippen LogP contribution in [0.25, 0.3) is 0 Å². The Morgan fingerprint density at radius 3 is 2.29 bits per heavy atom. The van der Waals surface area contributed by atoms with Crippen molar-refractivity contribution in [3.8, 4) is 0 Å². The molecule has 0 bridgehead atoms. The second-order valence-electron chi connectivity index (χ2n) is 5.79. The Bertz CT molecular complexity index is 520. The maximum Gasteiger partial charge on any atom is 0.211 e. The van der Waals surface area contributed by atoms with Gasteiger partial charge in [0.2, 0.25) is 10.0 Å². The topological polar surface area (TPSA) is 49.4 Å². The van der Waals surface area contributed by atoms with Crippen LogP contribution in [0.15, 0.2) is 24.3 Å². The molecule has 4 nitrogen and oxygen atoms in total. The third kappa shape index (κ3) is 5.77. The average molecular weight is 310 g/mol. The summed E-state index contributed by atoms with van der Waals surface area (Å²) in [5, 5.41) is 0. The minimum absolute atomic E-state index is 0.194. The smallest absolute Gasteiger partial charge is 0.211 e. The van der Waals surface area contributed by atoms with Gasteiger partial charge in [0.05, 0.1) is 5.75 Å². The van der Waals surface area contributed by atoms with Crippen LogP contribution in [-0.4, -0.2) is 32.2 Å². The van der Waals surface area contributed by atoms with Gasteiger partial charge in [-0.25, -0.2) is 13.1 Å². The molecule has 1 N–H and O–H groups in total. The fourth-order valence-electron chi connectivity index (χ4n) is 2.67. The summed E-state index contributed by atoms with van der Waals surface area (Å²) in [6.45, 7) is 5.64. The van der Waals surface area contributed by atoms with Crippen LogP contribution in [0, 0.1) is 0 Å². The van der Waals surface area contributed by atoms with Gasteiger partial charge in [-0.05, 0) is 43.5 Å². The molecular weight excluding hydrogens is 284 g/mol. The predicted octanol–water partition coefficient (Wildman–Crippen LogP) is 2.50. The van der Waals surface area contributed by atoms with Gasteiger partial charge in [0.25, 0.3) is 0 Å². The van der Waals surface area contributed by atoms with Gasteiger partial charge in [0.15, 0.2) is 0 Å². The summed E-state index contributed by atoms with van der Waals surface area (Å²) in [6.07, 6.45) is 4.60. The number of rotatable bonds is 7. The minimum Gasteiger partial charge on any atom is -0.299 e. The van der Waals surface area contributed by atoms with Crippen LogP contribution in [0.5, 0.6) is 0 Å². The number of nitrogens with zero attached hydrogens (tertiary/aromatic N) is 1. The highest BCUT2D eigenvalue weighted by atomic mass is 32.2. The third-order valence-electron chi connectivity index (χ3n) is 3.85. The van der Waals surface area contributed by atoms with Crippen molar-refractivity contribution in [2.45, 2.75) is 45.7 Å². The molecule has 1 aliphatic rings. The van der Waals surface area contributed by atoms with Crippen molar-refractivity contribution in [2.75, 3.05) is 18.8 Å². The fraction of sp³-hybridized carbons (Fsp3) is 0.625. The number of benzene rings is 1. The second kappa shape index (κ2) is 7.92. The van der Waals surface area contributed by atoms with Gasteiger partial charge >= 0.3 is 0 Å².